The molecule has 1 atom stereocenters. The van der Waals surface area contributed by atoms with E-state index in [9.17, 15) is 0 Å². The molecule has 0 fully saturated rings. The third kappa shape index (κ3) is 18.4. The van der Waals surface area contributed by atoms with Crippen molar-refractivity contribution >= 4 is 25.0 Å². The lowest BCUT2D eigenvalue weighted by atomic mass is 10.1. The standard InChI is InChI=1S/C10H21.Al.HO2P.2H/c1-3-5-7-9-10-8-6-4-2;;1-3-2;;/h7H,3-6,8-10H2,1-2H3;;(H,1,2);;. The van der Waals surface area contributed by atoms with Crippen molar-refractivity contribution in [3.05, 3.63) is 0 Å². The maximum atomic E-state index is 8.46. The van der Waals surface area contributed by atoms with Gasteiger partial charge in [-0.05, 0) is 0 Å². The summed E-state index contributed by atoms with van der Waals surface area (Å²) in [5, 5.41) is 0. The van der Waals surface area contributed by atoms with Crippen molar-refractivity contribution in [1.82, 2.24) is 0 Å². The van der Waals surface area contributed by atoms with Crippen LogP contribution in [0.3, 0.4) is 0 Å². The summed E-state index contributed by atoms with van der Waals surface area (Å²) in [5.74, 6) is 0. The molecule has 0 aromatic carbocycles. The fourth-order valence-electron chi connectivity index (χ4n) is 1.56. The Morgan fingerprint density at radius 1 is 1.14 bits per heavy atom. The van der Waals surface area contributed by atoms with Crippen molar-refractivity contribution in [1.29, 1.82) is 0 Å². The molecule has 0 rings (SSSR count). The van der Waals surface area contributed by atoms with E-state index in [1.807, 2.05) is 0 Å². The van der Waals surface area contributed by atoms with Gasteiger partial charge < -0.3 is 4.89 Å². The van der Waals surface area contributed by atoms with Crippen molar-refractivity contribution in [3.8, 4) is 0 Å². The normalized spacial score (nSPS) is 11.9. The third-order valence-corrected chi connectivity index (χ3v) is 3.49. The minimum atomic E-state index is -0.833. The molecule has 0 radical (unpaired) electrons. The molecule has 84 valence electrons. The van der Waals surface area contributed by atoms with E-state index in [2.05, 4.69) is 13.8 Å². The Bertz CT molecular complexity index is 112. The quantitative estimate of drug-likeness (QED) is 0.416. The van der Waals surface area contributed by atoms with Crippen molar-refractivity contribution < 1.29 is 9.46 Å². The zero-order valence-corrected chi connectivity index (χ0v) is 12.7. The predicted molar refractivity (Wildman–Crippen MR) is 65.8 cm³/mol. The molecule has 1 N–H and O–H groups in total. The number of hydrogen-bond donors (Lipinski definition) is 1. The van der Waals surface area contributed by atoms with Crippen LogP contribution in [0.2, 0.25) is 4.78 Å². The molecular weight excluding hydrogens is 210 g/mol. The average molecular weight is 234 g/mol. The molecule has 0 aliphatic carbocycles. The Labute approximate surface area is 98.2 Å². The van der Waals surface area contributed by atoms with Gasteiger partial charge in [0.05, 0.1) is 0 Å². The summed E-state index contributed by atoms with van der Waals surface area (Å²) in [6.07, 6.45) is 10.2. The van der Waals surface area contributed by atoms with Gasteiger partial charge in [0, 0.05) is 0 Å². The minimum Gasteiger partial charge on any atom is -0.310 e. The molecule has 0 aromatic heterocycles. The molecule has 0 saturated heterocycles. The fourth-order valence-corrected chi connectivity index (χ4v) is 2.54. The summed E-state index contributed by atoms with van der Waals surface area (Å²) in [5.41, 5.74) is 0. The molecular formula is C10H24AlO2P. The van der Waals surface area contributed by atoms with Crippen molar-refractivity contribution in [3.63, 3.8) is 0 Å². The van der Waals surface area contributed by atoms with Crippen LogP contribution in [0.25, 0.3) is 0 Å². The molecule has 0 aliphatic rings. The van der Waals surface area contributed by atoms with E-state index in [4.69, 9.17) is 9.46 Å². The van der Waals surface area contributed by atoms with Crippen LogP contribution in [-0.2, 0) is 4.57 Å². The first kappa shape index (κ1) is 17.0. The van der Waals surface area contributed by atoms with Crippen LogP contribution in [-0.4, -0.2) is 21.2 Å². The third-order valence-electron chi connectivity index (χ3n) is 2.33. The van der Waals surface area contributed by atoms with Gasteiger partial charge in [-0.25, -0.2) is 4.57 Å². The first-order valence-electron chi connectivity index (χ1n) is 5.69. The monoisotopic (exact) mass is 234 g/mol. The topological polar surface area (TPSA) is 37.3 Å². The van der Waals surface area contributed by atoms with Gasteiger partial charge in [0.1, 0.15) is 0 Å². The average Bonchev–Trinajstić information content (AvgIpc) is 2.14. The van der Waals surface area contributed by atoms with Crippen LogP contribution in [0.15, 0.2) is 0 Å². The fraction of sp³-hybridized carbons (Fsp3) is 1.00. The van der Waals surface area contributed by atoms with Crippen molar-refractivity contribution in [2.45, 2.75) is 63.6 Å². The first-order valence-corrected chi connectivity index (χ1v) is 7.61. The summed E-state index contributed by atoms with van der Waals surface area (Å²) in [7, 11) is -0.833. The Balaban J connectivity index is 0. The summed E-state index contributed by atoms with van der Waals surface area (Å²) in [6.45, 7) is 4.58. The van der Waals surface area contributed by atoms with Crippen molar-refractivity contribution in [2.24, 2.45) is 0 Å². The van der Waals surface area contributed by atoms with Gasteiger partial charge in [-0.1, -0.05) is 63.6 Å². The van der Waals surface area contributed by atoms with E-state index in [1.54, 1.807) is 0 Å². The number of rotatable bonds is 7. The summed E-state index contributed by atoms with van der Waals surface area (Å²) >= 11 is 1.42. The maximum Gasteiger partial charge on any atom is 0.324 e. The van der Waals surface area contributed by atoms with E-state index < -0.39 is 8.69 Å². The predicted octanol–water partition coefficient (Wildman–Crippen LogP) is 3.36. The Morgan fingerprint density at radius 3 is 2.14 bits per heavy atom. The lowest BCUT2D eigenvalue weighted by Crippen LogP contribution is -1.91. The van der Waals surface area contributed by atoms with Gasteiger partial charge >= 0.3 is 8.69 Å². The lowest BCUT2D eigenvalue weighted by Gasteiger charge is -2.08. The molecule has 0 heterocycles. The highest BCUT2D eigenvalue weighted by molar-refractivity contribution is 7.16. The summed E-state index contributed by atoms with van der Waals surface area (Å²) in [4.78, 5) is 6.99. The van der Waals surface area contributed by atoms with Gasteiger partial charge in [0.25, 0.3) is 0 Å². The van der Waals surface area contributed by atoms with Crippen LogP contribution in [0.5, 0.6) is 0 Å². The van der Waals surface area contributed by atoms with Crippen LogP contribution in [0.4, 0.5) is 0 Å². The Kier molecular flexibility index (Phi) is 19.5. The zero-order chi connectivity index (χ0) is 11.2. The van der Waals surface area contributed by atoms with Crippen LogP contribution in [0, 0.1) is 0 Å². The maximum absolute atomic E-state index is 8.46. The molecule has 14 heavy (non-hydrogen) atoms. The van der Waals surface area contributed by atoms with Crippen LogP contribution < -0.4 is 0 Å². The van der Waals surface area contributed by atoms with Crippen LogP contribution in [0.1, 0.15) is 58.8 Å². The molecule has 0 aliphatic heterocycles. The smallest absolute Gasteiger partial charge is 0.310 e. The molecule has 0 amide bonds. The van der Waals surface area contributed by atoms with Crippen LogP contribution >= 0.6 is 8.69 Å². The molecule has 0 spiro atoms. The Hall–Kier alpha value is 0.592. The highest BCUT2D eigenvalue weighted by atomic mass is 31.1. The van der Waals surface area contributed by atoms with Gasteiger partial charge in [-0.2, -0.15) is 0 Å². The highest BCUT2D eigenvalue weighted by Gasteiger charge is 1.99. The number of hydrogen-bond acceptors (Lipinski definition) is 1. The second-order valence-electron chi connectivity index (χ2n) is 3.82. The minimum absolute atomic E-state index is 0.833. The second-order valence-corrected chi connectivity index (χ2v) is 5.62. The lowest BCUT2D eigenvalue weighted by molar-refractivity contribution is 0.524. The molecule has 0 bridgehead atoms. The Morgan fingerprint density at radius 2 is 1.71 bits per heavy atom. The van der Waals surface area contributed by atoms with E-state index in [0.717, 1.165) is 4.78 Å². The van der Waals surface area contributed by atoms with E-state index in [0.29, 0.717) is 0 Å². The summed E-state index contributed by atoms with van der Waals surface area (Å²) < 4.78 is 9.57. The van der Waals surface area contributed by atoms with Crippen molar-refractivity contribution in [2.75, 3.05) is 0 Å². The molecule has 4 heteroatoms. The molecule has 2 nitrogen and oxygen atoms in total. The van der Waals surface area contributed by atoms with E-state index >= 15 is 0 Å². The van der Waals surface area contributed by atoms with Gasteiger partial charge in [-0.3, -0.25) is 0 Å². The first-order chi connectivity index (χ1) is 6.72. The van der Waals surface area contributed by atoms with E-state index in [-0.39, 0.29) is 0 Å². The second kappa shape index (κ2) is 16.0. The molecule has 1 unspecified atom stereocenters. The highest BCUT2D eigenvalue weighted by Crippen LogP contribution is 2.17. The van der Waals surface area contributed by atoms with Gasteiger partial charge in [0.2, 0.25) is 16.3 Å². The molecule has 0 saturated carbocycles. The zero-order valence-electron chi connectivity index (χ0n) is 9.83. The van der Waals surface area contributed by atoms with Gasteiger partial charge in [0.15, 0.2) is 0 Å². The summed E-state index contributed by atoms with van der Waals surface area (Å²) in [6, 6.07) is 0. The largest absolute Gasteiger partial charge is 0.324 e. The SMILES string of the molecule is CCCCCC[CH]([AlH2])CCC.O=PO. The van der Waals surface area contributed by atoms with E-state index in [1.165, 1.54) is 61.2 Å². The number of unbranched alkanes of at least 4 members (excludes halogenated alkanes) is 3. The van der Waals surface area contributed by atoms with Gasteiger partial charge in [-0.15, -0.1) is 0 Å². The molecule has 0 aromatic rings.